The Morgan fingerprint density at radius 2 is 1.70 bits per heavy atom. The molecule has 8 heteroatoms. The van der Waals surface area contributed by atoms with Crippen LogP contribution in [0.4, 0.5) is 0 Å². The number of imide groups is 1. The molecular weight excluding hydrogens is 354 g/mol. The predicted molar refractivity (Wildman–Crippen MR) is 92.5 cm³/mol. The molecule has 0 spiro atoms. The number of rotatable bonds is 7. The maximum absolute atomic E-state index is 12.1. The lowest BCUT2D eigenvalue weighted by Gasteiger charge is -2.13. The van der Waals surface area contributed by atoms with Crippen LogP contribution >= 0.6 is 0 Å². The van der Waals surface area contributed by atoms with Crippen LogP contribution in [-0.4, -0.2) is 48.3 Å². The number of fused-ring (bicyclic) bond motifs is 1. The highest BCUT2D eigenvalue weighted by Gasteiger charge is 2.36. The molecule has 140 valence electrons. The maximum Gasteiger partial charge on any atom is 0.341 e. The van der Waals surface area contributed by atoms with E-state index in [4.69, 9.17) is 9.57 Å². The fourth-order valence-electron chi connectivity index (χ4n) is 2.57. The van der Waals surface area contributed by atoms with Gasteiger partial charge >= 0.3 is 5.97 Å². The SMILES string of the molecule is COC(=O)c1ccc(OCCCON2C(=O)c3ccccc3C2=O)cc1O. The van der Waals surface area contributed by atoms with Crippen molar-refractivity contribution < 1.29 is 33.8 Å². The lowest BCUT2D eigenvalue weighted by molar-refractivity contribution is -0.0935. The van der Waals surface area contributed by atoms with Crippen molar-refractivity contribution in [1.29, 1.82) is 0 Å². The third-order valence-corrected chi connectivity index (χ3v) is 3.91. The number of benzene rings is 2. The molecule has 0 radical (unpaired) electrons. The number of hydrogen-bond acceptors (Lipinski definition) is 7. The third kappa shape index (κ3) is 3.75. The molecule has 0 saturated carbocycles. The van der Waals surface area contributed by atoms with Gasteiger partial charge in [-0.25, -0.2) is 4.79 Å². The van der Waals surface area contributed by atoms with Gasteiger partial charge in [-0.1, -0.05) is 12.1 Å². The van der Waals surface area contributed by atoms with Crippen molar-refractivity contribution >= 4 is 17.8 Å². The number of carbonyl (C=O) groups excluding carboxylic acids is 3. The van der Waals surface area contributed by atoms with Gasteiger partial charge in [0, 0.05) is 12.5 Å². The molecule has 0 aromatic heterocycles. The number of esters is 1. The Bertz CT molecular complexity index is 858. The Labute approximate surface area is 154 Å². The molecule has 1 heterocycles. The minimum atomic E-state index is -0.645. The van der Waals surface area contributed by atoms with Crippen LogP contribution in [0.1, 0.15) is 37.5 Å². The molecule has 0 fully saturated rings. The monoisotopic (exact) mass is 371 g/mol. The van der Waals surface area contributed by atoms with Crippen LogP contribution in [-0.2, 0) is 9.57 Å². The largest absolute Gasteiger partial charge is 0.507 e. The molecule has 0 bridgehead atoms. The topological polar surface area (TPSA) is 102 Å². The number of hydroxylamine groups is 2. The lowest BCUT2D eigenvalue weighted by atomic mass is 10.1. The predicted octanol–water partition coefficient (Wildman–Crippen LogP) is 2.18. The maximum atomic E-state index is 12.1. The molecule has 8 nitrogen and oxygen atoms in total. The van der Waals surface area contributed by atoms with E-state index in [1.54, 1.807) is 24.3 Å². The van der Waals surface area contributed by atoms with Crippen LogP contribution in [0.15, 0.2) is 42.5 Å². The fraction of sp³-hybridized carbons (Fsp3) is 0.211. The van der Waals surface area contributed by atoms with Gasteiger partial charge in [-0.2, -0.15) is 0 Å². The van der Waals surface area contributed by atoms with E-state index in [1.807, 2.05) is 0 Å². The summed E-state index contributed by atoms with van der Waals surface area (Å²) in [7, 11) is 1.22. The first-order valence-electron chi connectivity index (χ1n) is 8.17. The quantitative estimate of drug-likeness (QED) is 0.452. The second-order valence-electron chi connectivity index (χ2n) is 5.66. The Morgan fingerprint density at radius 3 is 2.30 bits per heavy atom. The van der Waals surface area contributed by atoms with Gasteiger partial charge in [-0.3, -0.25) is 14.4 Å². The minimum Gasteiger partial charge on any atom is -0.507 e. The van der Waals surface area contributed by atoms with Crippen LogP contribution in [0.25, 0.3) is 0 Å². The smallest absolute Gasteiger partial charge is 0.341 e. The van der Waals surface area contributed by atoms with Gasteiger partial charge in [0.25, 0.3) is 11.8 Å². The number of methoxy groups -OCH3 is 1. The number of phenolic OH excluding ortho intramolecular Hbond substituents is 1. The molecule has 3 rings (SSSR count). The van der Waals surface area contributed by atoms with Crippen LogP contribution in [0.2, 0.25) is 0 Å². The van der Waals surface area contributed by atoms with E-state index >= 15 is 0 Å². The van der Waals surface area contributed by atoms with Crippen LogP contribution in [0, 0.1) is 0 Å². The summed E-state index contributed by atoms with van der Waals surface area (Å²) < 4.78 is 10.00. The van der Waals surface area contributed by atoms with Gasteiger partial charge < -0.3 is 14.6 Å². The number of carbonyl (C=O) groups is 3. The van der Waals surface area contributed by atoms with Crippen molar-refractivity contribution in [1.82, 2.24) is 5.06 Å². The van der Waals surface area contributed by atoms with Gasteiger partial charge in [-0.15, -0.1) is 5.06 Å². The van der Waals surface area contributed by atoms with Gasteiger partial charge in [0.1, 0.15) is 17.1 Å². The van der Waals surface area contributed by atoms with Crippen molar-refractivity contribution in [3.63, 3.8) is 0 Å². The van der Waals surface area contributed by atoms with Crippen LogP contribution in [0.5, 0.6) is 11.5 Å². The summed E-state index contributed by atoms with van der Waals surface area (Å²) in [5.41, 5.74) is 0.679. The molecule has 27 heavy (non-hydrogen) atoms. The zero-order chi connectivity index (χ0) is 19.4. The van der Waals surface area contributed by atoms with E-state index in [-0.39, 0.29) is 24.5 Å². The zero-order valence-electron chi connectivity index (χ0n) is 14.5. The fourth-order valence-corrected chi connectivity index (χ4v) is 2.57. The van der Waals surface area contributed by atoms with Crippen molar-refractivity contribution in [2.75, 3.05) is 20.3 Å². The summed E-state index contributed by atoms with van der Waals surface area (Å²) in [5, 5.41) is 10.5. The van der Waals surface area contributed by atoms with Gasteiger partial charge in [-0.05, 0) is 24.3 Å². The van der Waals surface area contributed by atoms with E-state index in [0.717, 1.165) is 5.06 Å². The average Bonchev–Trinajstić information content (AvgIpc) is 2.92. The minimum absolute atomic E-state index is 0.0406. The molecule has 1 N–H and O–H groups in total. The van der Waals surface area contributed by atoms with E-state index in [0.29, 0.717) is 23.3 Å². The second-order valence-corrected chi connectivity index (χ2v) is 5.66. The normalized spacial score (nSPS) is 12.9. The van der Waals surface area contributed by atoms with E-state index < -0.39 is 17.8 Å². The first kappa shape index (κ1) is 18.4. The molecular formula is C19H17NO7. The second kappa shape index (κ2) is 7.88. The van der Waals surface area contributed by atoms with Gasteiger partial charge in [0.05, 0.1) is 31.5 Å². The van der Waals surface area contributed by atoms with E-state index in [9.17, 15) is 19.5 Å². The summed E-state index contributed by atoms with van der Waals surface area (Å²) in [5.74, 6) is -1.50. The number of hydrogen-bond donors (Lipinski definition) is 1. The first-order chi connectivity index (χ1) is 13.0. The molecule has 0 aliphatic carbocycles. The van der Waals surface area contributed by atoms with Gasteiger partial charge in [0.2, 0.25) is 0 Å². The molecule has 2 amide bonds. The molecule has 0 atom stereocenters. The summed E-state index contributed by atoms with van der Waals surface area (Å²) in [6.45, 7) is 0.317. The van der Waals surface area contributed by atoms with Crippen molar-refractivity contribution in [3.05, 3.63) is 59.2 Å². The number of aromatic hydroxyl groups is 1. The van der Waals surface area contributed by atoms with Crippen LogP contribution in [0.3, 0.4) is 0 Å². The number of ether oxygens (including phenoxy) is 2. The molecule has 1 aliphatic heterocycles. The van der Waals surface area contributed by atoms with E-state index in [2.05, 4.69) is 4.74 Å². The number of nitrogens with zero attached hydrogens (tertiary/aromatic N) is 1. The summed E-state index contributed by atoms with van der Waals surface area (Å²) in [4.78, 5) is 40.9. The average molecular weight is 371 g/mol. The standard InChI is InChI=1S/C19H17NO7/c1-25-19(24)15-8-7-12(11-16(15)21)26-9-4-10-27-20-17(22)13-5-2-3-6-14(13)18(20)23/h2-3,5-8,11,21H,4,9-10H2,1H3. The Balaban J connectivity index is 1.47. The summed E-state index contributed by atoms with van der Waals surface area (Å²) >= 11 is 0. The molecule has 2 aromatic rings. The zero-order valence-corrected chi connectivity index (χ0v) is 14.5. The van der Waals surface area contributed by atoms with Crippen molar-refractivity contribution in [2.45, 2.75) is 6.42 Å². The highest BCUT2D eigenvalue weighted by atomic mass is 16.7. The highest BCUT2D eigenvalue weighted by Crippen LogP contribution is 2.25. The first-order valence-corrected chi connectivity index (χ1v) is 8.17. The van der Waals surface area contributed by atoms with Crippen molar-refractivity contribution in [2.24, 2.45) is 0 Å². The number of amides is 2. The Hall–Kier alpha value is -3.39. The number of phenols is 1. The van der Waals surface area contributed by atoms with Crippen molar-refractivity contribution in [3.8, 4) is 11.5 Å². The third-order valence-electron chi connectivity index (χ3n) is 3.91. The summed E-state index contributed by atoms with van der Waals surface area (Å²) in [6.07, 6.45) is 0.396. The molecule has 0 unspecified atom stereocenters. The lowest BCUT2D eigenvalue weighted by Crippen LogP contribution is -2.30. The Morgan fingerprint density at radius 1 is 1.04 bits per heavy atom. The molecule has 2 aromatic carbocycles. The molecule has 1 aliphatic rings. The van der Waals surface area contributed by atoms with Crippen LogP contribution < -0.4 is 4.74 Å². The highest BCUT2D eigenvalue weighted by molar-refractivity contribution is 6.20. The molecule has 0 saturated heterocycles. The Kier molecular flexibility index (Phi) is 5.37. The summed E-state index contributed by atoms with van der Waals surface area (Å²) in [6, 6.07) is 10.7. The van der Waals surface area contributed by atoms with Gasteiger partial charge in [0.15, 0.2) is 0 Å². The van der Waals surface area contributed by atoms with E-state index in [1.165, 1.54) is 25.3 Å².